The minimum atomic E-state index is -1.20. The highest BCUT2D eigenvalue weighted by atomic mass is 16.4. The summed E-state index contributed by atoms with van der Waals surface area (Å²) < 4.78 is 0. The first-order valence-electron chi connectivity index (χ1n) is 7.57. The van der Waals surface area contributed by atoms with E-state index < -0.39 is 5.97 Å². The molecule has 0 radical (unpaired) electrons. The Labute approximate surface area is 136 Å². The number of hydrogen-bond donors (Lipinski definition) is 3. The average Bonchev–Trinajstić information content (AvgIpc) is 2.45. The van der Waals surface area contributed by atoms with Crippen LogP contribution >= 0.6 is 0 Å². The van der Waals surface area contributed by atoms with Crippen LogP contribution in [0.15, 0.2) is 17.7 Å². The number of carboxylic acid groups (broad SMARTS) is 1. The van der Waals surface area contributed by atoms with Gasteiger partial charge in [0.05, 0.1) is 0 Å². The molecule has 0 heterocycles. The summed E-state index contributed by atoms with van der Waals surface area (Å²) in [6.45, 7) is 7.22. The molecule has 2 atom stereocenters. The normalized spacial score (nSPS) is 20.1. The third-order valence-corrected chi connectivity index (χ3v) is 4.21. The molecule has 0 spiro atoms. The van der Waals surface area contributed by atoms with E-state index >= 15 is 0 Å². The van der Waals surface area contributed by atoms with E-state index in [2.05, 4.69) is 19.9 Å². The molecule has 0 fully saturated rings. The van der Waals surface area contributed by atoms with Gasteiger partial charge in [0.25, 0.3) is 0 Å². The molecule has 0 amide bonds. The van der Waals surface area contributed by atoms with Crippen LogP contribution < -0.4 is 0 Å². The Bertz CT molecular complexity index is 631. The van der Waals surface area contributed by atoms with Crippen LogP contribution in [0.2, 0.25) is 0 Å². The maximum Gasteiger partial charge on any atom is 0.339 e. The summed E-state index contributed by atoms with van der Waals surface area (Å²) in [5.41, 5.74) is 1.80. The van der Waals surface area contributed by atoms with Crippen LogP contribution in [0.4, 0.5) is 0 Å². The SMILES string of the molecule is CC1=CC(C)C(C=O)CC1.Cc1cc(O)c(C)c(O)c1C(=O)O. The number of aromatic carboxylic acids is 1. The molecule has 0 aromatic heterocycles. The maximum absolute atomic E-state index is 10.7. The lowest BCUT2D eigenvalue weighted by atomic mass is 9.83. The fourth-order valence-electron chi connectivity index (χ4n) is 2.66. The number of carbonyl (C=O) groups excluding carboxylic acids is 1. The molecule has 1 aliphatic rings. The first kappa shape index (κ1) is 18.7. The van der Waals surface area contributed by atoms with E-state index in [0.29, 0.717) is 11.5 Å². The number of phenols is 2. The van der Waals surface area contributed by atoms with Gasteiger partial charge in [0.15, 0.2) is 0 Å². The Morgan fingerprint density at radius 3 is 2.35 bits per heavy atom. The zero-order valence-corrected chi connectivity index (χ0v) is 14.0. The van der Waals surface area contributed by atoms with Gasteiger partial charge in [-0.1, -0.05) is 18.6 Å². The number of carboxylic acids is 1. The molecule has 5 nitrogen and oxygen atoms in total. The van der Waals surface area contributed by atoms with Crippen molar-refractivity contribution in [1.82, 2.24) is 0 Å². The van der Waals surface area contributed by atoms with Crippen LogP contribution in [-0.2, 0) is 4.79 Å². The predicted molar refractivity (Wildman–Crippen MR) is 87.9 cm³/mol. The maximum atomic E-state index is 10.7. The van der Waals surface area contributed by atoms with Gasteiger partial charge in [0.2, 0.25) is 0 Å². The molecule has 1 aliphatic carbocycles. The Hall–Kier alpha value is -2.30. The number of aldehydes is 1. The second-order valence-corrected chi connectivity index (χ2v) is 6.08. The molecule has 2 rings (SSSR count). The van der Waals surface area contributed by atoms with Crippen molar-refractivity contribution in [3.05, 3.63) is 34.4 Å². The van der Waals surface area contributed by atoms with Crippen LogP contribution in [0.1, 0.15) is 48.2 Å². The summed E-state index contributed by atoms with van der Waals surface area (Å²) in [7, 11) is 0. The van der Waals surface area contributed by atoms with Gasteiger partial charge in [0, 0.05) is 11.5 Å². The largest absolute Gasteiger partial charge is 0.508 e. The van der Waals surface area contributed by atoms with Crippen molar-refractivity contribution in [3.63, 3.8) is 0 Å². The summed E-state index contributed by atoms with van der Waals surface area (Å²) >= 11 is 0. The second kappa shape index (κ2) is 7.81. The zero-order chi connectivity index (χ0) is 17.7. The molecule has 0 bridgehead atoms. The Morgan fingerprint density at radius 2 is 1.87 bits per heavy atom. The molecule has 1 aromatic carbocycles. The van der Waals surface area contributed by atoms with Crippen molar-refractivity contribution in [2.45, 2.75) is 40.5 Å². The van der Waals surface area contributed by atoms with Crippen LogP contribution in [0.25, 0.3) is 0 Å². The van der Waals surface area contributed by atoms with Gasteiger partial charge in [-0.25, -0.2) is 4.79 Å². The van der Waals surface area contributed by atoms with E-state index in [4.69, 9.17) is 5.11 Å². The Balaban J connectivity index is 0.000000238. The number of benzene rings is 1. The first-order chi connectivity index (χ1) is 10.7. The van der Waals surface area contributed by atoms with Gasteiger partial charge in [-0.3, -0.25) is 0 Å². The number of rotatable bonds is 2. The molecule has 23 heavy (non-hydrogen) atoms. The first-order valence-corrected chi connectivity index (χ1v) is 7.57. The average molecular weight is 320 g/mol. The topological polar surface area (TPSA) is 94.8 Å². The third-order valence-electron chi connectivity index (χ3n) is 4.21. The van der Waals surface area contributed by atoms with E-state index in [1.54, 1.807) is 0 Å². The molecule has 0 saturated heterocycles. The van der Waals surface area contributed by atoms with Gasteiger partial charge in [-0.15, -0.1) is 0 Å². The minimum absolute atomic E-state index is 0.0972. The van der Waals surface area contributed by atoms with Gasteiger partial charge in [-0.05, 0) is 51.2 Å². The minimum Gasteiger partial charge on any atom is -0.508 e. The van der Waals surface area contributed by atoms with Crippen molar-refractivity contribution in [3.8, 4) is 11.5 Å². The van der Waals surface area contributed by atoms with E-state index in [9.17, 15) is 19.8 Å². The second-order valence-electron chi connectivity index (χ2n) is 6.08. The lowest BCUT2D eigenvalue weighted by Crippen LogP contribution is -2.15. The lowest BCUT2D eigenvalue weighted by Gasteiger charge is -2.21. The molecule has 0 saturated carbocycles. The zero-order valence-electron chi connectivity index (χ0n) is 14.0. The van der Waals surface area contributed by atoms with Crippen molar-refractivity contribution in [2.24, 2.45) is 11.8 Å². The van der Waals surface area contributed by atoms with Crippen LogP contribution in [-0.4, -0.2) is 27.6 Å². The lowest BCUT2D eigenvalue weighted by molar-refractivity contribution is -0.112. The molecule has 0 aliphatic heterocycles. The monoisotopic (exact) mass is 320 g/mol. The Morgan fingerprint density at radius 1 is 1.26 bits per heavy atom. The van der Waals surface area contributed by atoms with Gasteiger partial charge < -0.3 is 20.1 Å². The van der Waals surface area contributed by atoms with Crippen molar-refractivity contribution < 1.29 is 24.9 Å². The van der Waals surface area contributed by atoms with Gasteiger partial charge in [0.1, 0.15) is 23.3 Å². The smallest absolute Gasteiger partial charge is 0.339 e. The standard InChI is InChI=1S/C9H10O4.C9H14O/c1-4-3-6(10)5(2)8(11)7(4)9(12)13;1-7-3-4-9(6-10)8(2)5-7/h3,10-11H,1-2H3,(H,12,13);5-6,8-9H,3-4H2,1-2H3. The van der Waals surface area contributed by atoms with Gasteiger partial charge in [-0.2, -0.15) is 0 Å². The third kappa shape index (κ3) is 4.58. The molecular formula is C18H24O5. The van der Waals surface area contributed by atoms with Crippen molar-refractivity contribution >= 4 is 12.3 Å². The van der Waals surface area contributed by atoms with E-state index in [-0.39, 0.29) is 28.5 Å². The molecular weight excluding hydrogens is 296 g/mol. The number of phenolic OH excluding ortho intramolecular Hbond substituents is 1. The van der Waals surface area contributed by atoms with Crippen LogP contribution in [0.3, 0.4) is 0 Å². The van der Waals surface area contributed by atoms with Crippen LogP contribution in [0.5, 0.6) is 11.5 Å². The van der Waals surface area contributed by atoms with E-state index in [1.165, 1.54) is 25.5 Å². The summed E-state index contributed by atoms with van der Waals surface area (Å²) in [6, 6.07) is 1.32. The molecule has 2 unspecified atom stereocenters. The summed E-state index contributed by atoms with van der Waals surface area (Å²) in [5.74, 6) is -0.918. The summed E-state index contributed by atoms with van der Waals surface area (Å²) in [6.07, 6.45) is 5.46. The fraction of sp³-hybridized carbons (Fsp3) is 0.444. The quantitative estimate of drug-likeness (QED) is 0.572. The Kier molecular flexibility index (Phi) is 6.37. The predicted octanol–water partition coefficient (Wildman–Crippen LogP) is 3.59. The summed E-state index contributed by atoms with van der Waals surface area (Å²) in [4.78, 5) is 21.1. The number of allylic oxidation sites excluding steroid dienone is 2. The molecule has 5 heteroatoms. The van der Waals surface area contributed by atoms with Crippen molar-refractivity contribution in [2.75, 3.05) is 0 Å². The number of hydrogen-bond acceptors (Lipinski definition) is 4. The fourth-order valence-corrected chi connectivity index (χ4v) is 2.66. The van der Waals surface area contributed by atoms with E-state index in [0.717, 1.165) is 19.1 Å². The highest BCUT2D eigenvalue weighted by molar-refractivity contribution is 5.93. The van der Waals surface area contributed by atoms with Crippen LogP contribution in [0, 0.1) is 25.7 Å². The summed E-state index contributed by atoms with van der Waals surface area (Å²) in [5, 5.41) is 27.3. The number of aryl methyl sites for hydroxylation is 1. The van der Waals surface area contributed by atoms with E-state index in [1.807, 2.05) is 0 Å². The molecule has 126 valence electrons. The number of aromatic hydroxyl groups is 2. The number of carbonyl (C=O) groups is 2. The molecule has 1 aromatic rings. The van der Waals surface area contributed by atoms with Gasteiger partial charge >= 0.3 is 5.97 Å². The highest BCUT2D eigenvalue weighted by Crippen LogP contribution is 2.32. The van der Waals surface area contributed by atoms with Crippen molar-refractivity contribution in [1.29, 1.82) is 0 Å². The highest BCUT2D eigenvalue weighted by Gasteiger charge is 2.18. The molecule has 3 N–H and O–H groups in total.